The van der Waals surface area contributed by atoms with E-state index in [9.17, 15) is 0 Å². The van der Waals surface area contributed by atoms with Gasteiger partial charge < -0.3 is 15.8 Å². The number of nitrogens with two attached hydrogens (primary N) is 1. The van der Waals surface area contributed by atoms with Crippen LogP contribution in [0.4, 0.5) is 11.4 Å². The second-order valence-corrected chi connectivity index (χ2v) is 3.00. The molecule has 1 aromatic carbocycles. The maximum absolute atomic E-state index is 5.94. The molecule has 2 rings (SSSR count). The van der Waals surface area contributed by atoms with Crippen molar-refractivity contribution < 1.29 is 4.74 Å². The molecule has 1 aliphatic rings. The summed E-state index contributed by atoms with van der Waals surface area (Å²) in [5.41, 5.74) is 7.00. The predicted molar refractivity (Wildman–Crippen MR) is 49.8 cm³/mol. The van der Waals surface area contributed by atoms with E-state index in [2.05, 4.69) is 5.32 Å². The first-order valence-electron chi connectivity index (χ1n) is 3.73. The number of nitrogens with one attached hydrogen (secondary N) is 1. The van der Waals surface area contributed by atoms with Crippen LogP contribution in [0.15, 0.2) is 12.1 Å². The summed E-state index contributed by atoms with van der Waals surface area (Å²) >= 11 is 5.94. The fraction of sp³-hybridized carbons (Fsp3) is 0.250. The van der Waals surface area contributed by atoms with Crippen LogP contribution in [0, 0.1) is 0 Å². The summed E-state index contributed by atoms with van der Waals surface area (Å²) in [4.78, 5) is 0. The lowest BCUT2D eigenvalue weighted by molar-refractivity contribution is 0.323. The van der Waals surface area contributed by atoms with Crippen molar-refractivity contribution in [3.63, 3.8) is 0 Å². The quantitative estimate of drug-likeness (QED) is 0.604. The molecule has 12 heavy (non-hydrogen) atoms. The molecule has 0 radical (unpaired) electrons. The Kier molecular flexibility index (Phi) is 1.73. The van der Waals surface area contributed by atoms with Gasteiger partial charge in [0.1, 0.15) is 12.4 Å². The van der Waals surface area contributed by atoms with Crippen LogP contribution in [-0.4, -0.2) is 13.2 Å². The van der Waals surface area contributed by atoms with Crippen LogP contribution in [0.3, 0.4) is 0 Å². The standard InChI is InChI=1S/C8H9ClN2O/c9-7-5(10)1-2-6-8(7)11-3-4-12-6/h1-2,11H,3-4,10H2. The molecule has 0 unspecified atom stereocenters. The van der Waals surface area contributed by atoms with E-state index in [4.69, 9.17) is 22.1 Å². The Morgan fingerprint density at radius 2 is 2.33 bits per heavy atom. The van der Waals surface area contributed by atoms with Gasteiger partial charge in [0.05, 0.1) is 16.4 Å². The summed E-state index contributed by atoms with van der Waals surface area (Å²) in [5.74, 6) is 0.778. The lowest BCUT2D eigenvalue weighted by atomic mass is 10.2. The Balaban J connectivity index is 2.54. The summed E-state index contributed by atoms with van der Waals surface area (Å²) in [6, 6.07) is 3.57. The molecule has 1 aliphatic heterocycles. The van der Waals surface area contributed by atoms with E-state index >= 15 is 0 Å². The zero-order chi connectivity index (χ0) is 8.55. The van der Waals surface area contributed by atoms with Crippen LogP contribution in [0.5, 0.6) is 5.75 Å². The lowest BCUT2D eigenvalue weighted by Gasteiger charge is -2.20. The molecule has 3 nitrogen and oxygen atoms in total. The lowest BCUT2D eigenvalue weighted by Crippen LogP contribution is -2.18. The topological polar surface area (TPSA) is 47.3 Å². The van der Waals surface area contributed by atoms with Crippen molar-refractivity contribution in [1.29, 1.82) is 0 Å². The Hall–Kier alpha value is -1.09. The van der Waals surface area contributed by atoms with Gasteiger partial charge in [0, 0.05) is 6.54 Å². The molecule has 0 aliphatic carbocycles. The molecular formula is C8H9ClN2O. The first-order valence-corrected chi connectivity index (χ1v) is 4.11. The summed E-state index contributed by atoms with van der Waals surface area (Å²) < 4.78 is 5.36. The molecule has 64 valence electrons. The van der Waals surface area contributed by atoms with Crippen LogP contribution in [0.25, 0.3) is 0 Å². The SMILES string of the molecule is Nc1ccc2c(c1Cl)NCCO2. The minimum atomic E-state index is 0.548. The van der Waals surface area contributed by atoms with Crippen LogP contribution in [-0.2, 0) is 0 Å². The molecule has 0 saturated heterocycles. The van der Waals surface area contributed by atoms with E-state index < -0.39 is 0 Å². The molecule has 0 atom stereocenters. The first-order chi connectivity index (χ1) is 5.79. The Morgan fingerprint density at radius 3 is 3.17 bits per heavy atom. The molecule has 4 heteroatoms. The molecule has 0 aromatic heterocycles. The summed E-state index contributed by atoms with van der Waals surface area (Å²) in [7, 11) is 0. The van der Waals surface area contributed by atoms with Gasteiger partial charge in [0.15, 0.2) is 0 Å². The molecule has 0 fully saturated rings. The summed E-state index contributed by atoms with van der Waals surface area (Å²) in [6.45, 7) is 1.45. The predicted octanol–water partition coefficient (Wildman–Crippen LogP) is 1.73. The number of ether oxygens (including phenoxy) is 1. The molecule has 1 heterocycles. The van der Waals surface area contributed by atoms with Gasteiger partial charge in [-0.1, -0.05) is 11.6 Å². The van der Waals surface area contributed by atoms with Gasteiger partial charge >= 0.3 is 0 Å². The molecule has 0 bridgehead atoms. The minimum Gasteiger partial charge on any atom is -0.490 e. The van der Waals surface area contributed by atoms with E-state index in [1.54, 1.807) is 6.07 Å². The van der Waals surface area contributed by atoms with Crippen LogP contribution < -0.4 is 15.8 Å². The van der Waals surface area contributed by atoms with Gasteiger partial charge in [-0.15, -0.1) is 0 Å². The van der Waals surface area contributed by atoms with Gasteiger partial charge in [-0.3, -0.25) is 0 Å². The van der Waals surface area contributed by atoms with Gasteiger partial charge in [-0.2, -0.15) is 0 Å². The van der Waals surface area contributed by atoms with Crippen molar-refractivity contribution in [3.8, 4) is 5.75 Å². The van der Waals surface area contributed by atoms with Gasteiger partial charge in [-0.25, -0.2) is 0 Å². The molecule has 3 N–H and O–H groups in total. The van der Waals surface area contributed by atoms with Crippen molar-refractivity contribution in [2.24, 2.45) is 0 Å². The third kappa shape index (κ3) is 1.06. The minimum absolute atomic E-state index is 0.548. The van der Waals surface area contributed by atoms with Crippen molar-refractivity contribution in [2.45, 2.75) is 0 Å². The van der Waals surface area contributed by atoms with E-state index in [1.807, 2.05) is 6.07 Å². The van der Waals surface area contributed by atoms with Crippen molar-refractivity contribution in [3.05, 3.63) is 17.2 Å². The van der Waals surface area contributed by atoms with E-state index in [-0.39, 0.29) is 0 Å². The van der Waals surface area contributed by atoms with Crippen molar-refractivity contribution in [2.75, 3.05) is 24.2 Å². The number of fused-ring (bicyclic) bond motifs is 1. The Bertz CT molecular complexity index is 314. The average molecular weight is 185 g/mol. The van der Waals surface area contributed by atoms with Crippen LogP contribution in [0.2, 0.25) is 5.02 Å². The van der Waals surface area contributed by atoms with E-state index in [1.165, 1.54) is 0 Å². The highest BCUT2D eigenvalue weighted by molar-refractivity contribution is 6.36. The number of rotatable bonds is 0. The fourth-order valence-electron chi connectivity index (χ4n) is 1.20. The smallest absolute Gasteiger partial charge is 0.144 e. The highest BCUT2D eigenvalue weighted by Gasteiger charge is 2.14. The van der Waals surface area contributed by atoms with Crippen LogP contribution >= 0.6 is 11.6 Å². The molecular weight excluding hydrogens is 176 g/mol. The summed E-state index contributed by atoms with van der Waals surface area (Å²) in [6.07, 6.45) is 0. The van der Waals surface area contributed by atoms with Crippen molar-refractivity contribution >= 4 is 23.0 Å². The third-order valence-corrected chi connectivity index (χ3v) is 2.20. The number of nitrogen functional groups attached to an aromatic ring is 1. The molecule has 0 spiro atoms. The van der Waals surface area contributed by atoms with Gasteiger partial charge in [0.25, 0.3) is 0 Å². The zero-order valence-corrected chi connectivity index (χ0v) is 7.19. The number of hydrogen-bond acceptors (Lipinski definition) is 3. The van der Waals surface area contributed by atoms with Gasteiger partial charge in [-0.05, 0) is 12.1 Å². The molecule has 1 aromatic rings. The monoisotopic (exact) mass is 184 g/mol. The number of hydrogen-bond donors (Lipinski definition) is 2. The molecule has 0 saturated carbocycles. The Morgan fingerprint density at radius 1 is 1.50 bits per heavy atom. The molecule has 0 amide bonds. The van der Waals surface area contributed by atoms with E-state index in [0.717, 1.165) is 18.0 Å². The second-order valence-electron chi connectivity index (χ2n) is 2.62. The highest BCUT2D eigenvalue weighted by atomic mass is 35.5. The maximum Gasteiger partial charge on any atom is 0.144 e. The number of halogens is 1. The second kappa shape index (κ2) is 2.75. The normalized spacial score (nSPS) is 14.4. The van der Waals surface area contributed by atoms with Gasteiger partial charge in [0.2, 0.25) is 0 Å². The largest absolute Gasteiger partial charge is 0.490 e. The fourth-order valence-corrected chi connectivity index (χ4v) is 1.42. The van der Waals surface area contributed by atoms with Crippen molar-refractivity contribution in [1.82, 2.24) is 0 Å². The highest BCUT2D eigenvalue weighted by Crippen LogP contribution is 2.37. The van der Waals surface area contributed by atoms with E-state index in [0.29, 0.717) is 17.3 Å². The average Bonchev–Trinajstić information content (AvgIpc) is 2.12. The number of benzene rings is 1. The van der Waals surface area contributed by atoms with Crippen LogP contribution in [0.1, 0.15) is 0 Å². The maximum atomic E-state index is 5.94. The zero-order valence-electron chi connectivity index (χ0n) is 6.43. The summed E-state index contributed by atoms with van der Waals surface area (Å²) in [5, 5.41) is 3.68. The third-order valence-electron chi connectivity index (χ3n) is 1.80. The number of anilines is 2. The first kappa shape index (κ1) is 7.55. The Labute approximate surface area is 75.5 Å².